The molecule has 15 heavy (non-hydrogen) atoms. The van der Waals surface area contributed by atoms with Crippen LogP contribution >= 0.6 is 0 Å². The molecule has 0 radical (unpaired) electrons. The SMILES string of the molecule is CN(C)c1cnn(CCN=[N+]=[N-])c(=O)c1. The molecule has 7 heteroatoms. The first-order valence-corrected chi connectivity index (χ1v) is 4.40. The van der Waals surface area contributed by atoms with Crippen molar-refractivity contribution in [3.8, 4) is 0 Å². The summed E-state index contributed by atoms with van der Waals surface area (Å²) in [5.74, 6) is 0. The van der Waals surface area contributed by atoms with Crippen molar-refractivity contribution in [3.05, 3.63) is 33.1 Å². The van der Waals surface area contributed by atoms with Crippen molar-refractivity contribution in [2.24, 2.45) is 5.11 Å². The zero-order valence-electron chi connectivity index (χ0n) is 8.66. The number of nitrogens with zero attached hydrogens (tertiary/aromatic N) is 6. The summed E-state index contributed by atoms with van der Waals surface area (Å²) in [4.78, 5) is 15.9. The third-order valence-electron chi connectivity index (χ3n) is 1.85. The average Bonchev–Trinajstić information content (AvgIpc) is 2.20. The molecule has 0 amide bonds. The monoisotopic (exact) mass is 208 g/mol. The van der Waals surface area contributed by atoms with Gasteiger partial charge in [0.1, 0.15) is 0 Å². The summed E-state index contributed by atoms with van der Waals surface area (Å²) in [5, 5.41) is 7.29. The zero-order chi connectivity index (χ0) is 11.3. The Labute approximate surface area is 86.6 Å². The van der Waals surface area contributed by atoms with Crippen LogP contribution in [-0.4, -0.2) is 30.4 Å². The lowest BCUT2D eigenvalue weighted by Crippen LogP contribution is -2.25. The predicted molar refractivity (Wildman–Crippen MR) is 56.8 cm³/mol. The van der Waals surface area contributed by atoms with E-state index < -0.39 is 0 Å². The molecule has 0 spiro atoms. The summed E-state index contributed by atoms with van der Waals surface area (Å²) < 4.78 is 1.27. The van der Waals surface area contributed by atoms with E-state index in [1.807, 2.05) is 14.1 Å². The van der Waals surface area contributed by atoms with E-state index in [4.69, 9.17) is 5.53 Å². The average molecular weight is 208 g/mol. The molecular formula is C8H12N6O. The van der Waals surface area contributed by atoms with Crippen molar-refractivity contribution in [2.45, 2.75) is 6.54 Å². The third-order valence-corrected chi connectivity index (χ3v) is 1.85. The quantitative estimate of drug-likeness (QED) is 0.413. The van der Waals surface area contributed by atoms with Crippen LogP contribution in [0, 0.1) is 0 Å². The van der Waals surface area contributed by atoms with Gasteiger partial charge < -0.3 is 4.90 Å². The molecule has 0 aliphatic heterocycles. The minimum Gasteiger partial charge on any atom is -0.376 e. The molecule has 80 valence electrons. The highest BCUT2D eigenvalue weighted by atomic mass is 16.1. The van der Waals surface area contributed by atoms with Gasteiger partial charge in [0.15, 0.2) is 0 Å². The van der Waals surface area contributed by atoms with Gasteiger partial charge in [-0.15, -0.1) is 0 Å². The number of aromatic nitrogens is 2. The third kappa shape index (κ3) is 2.99. The molecule has 0 saturated carbocycles. The highest BCUT2D eigenvalue weighted by Gasteiger charge is 2.00. The Balaban J connectivity index is 2.84. The molecule has 0 aliphatic rings. The van der Waals surface area contributed by atoms with Crippen LogP contribution in [0.3, 0.4) is 0 Å². The fourth-order valence-electron chi connectivity index (χ4n) is 1.02. The molecule has 0 atom stereocenters. The summed E-state index contributed by atoms with van der Waals surface area (Å²) >= 11 is 0. The number of anilines is 1. The smallest absolute Gasteiger partial charge is 0.268 e. The Bertz CT molecular complexity index is 431. The van der Waals surface area contributed by atoms with Crippen molar-refractivity contribution in [2.75, 3.05) is 25.5 Å². The van der Waals surface area contributed by atoms with E-state index in [9.17, 15) is 4.79 Å². The second-order valence-electron chi connectivity index (χ2n) is 3.12. The Kier molecular flexibility index (Phi) is 3.70. The normalized spacial score (nSPS) is 9.47. The molecule has 0 saturated heterocycles. The van der Waals surface area contributed by atoms with Crippen LogP contribution in [0.25, 0.3) is 10.4 Å². The first-order valence-electron chi connectivity index (χ1n) is 4.40. The highest BCUT2D eigenvalue weighted by Crippen LogP contribution is 2.02. The molecule has 1 aromatic heterocycles. The molecular weight excluding hydrogens is 196 g/mol. The number of azide groups is 1. The van der Waals surface area contributed by atoms with E-state index in [2.05, 4.69) is 15.1 Å². The van der Waals surface area contributed by atoms with E-state index >= 15 is 0 Å². The molecule has 7 nitrogen and oxygen atoms in total. The van der Waals surface area contributed by atoms with E-state index in [-0.39, 0.29) is 12.1 Å². The van der Waals surface area contributed by atoms with Gasteiger partial charge in [0.25, 0.3) is 5.56 Å². The van der Waals surface area contributed by atoms with Crippen LogP contribution in [0.15, 0.2) is 22.2 Å². The van der Waals surface area contributed by atoms with Gasteiger partial charge in [-0.25, -0.2) is 4.68 Å². The lowest BCUT2D eigenvalue weighted by molar-refractivity contribution is 0.586. The van der Waals surface area contributed by atoms with Gasteiger partial charge in [-0.1, -0.05) is 5.11 Å². The molecule has 1 aromatic rings. The van der Waals surface area contributed by atoms with Gasteiger partial charge in [-0.2, -0.15) is 5.10 Å². The van der Waals surface area contributed by atoms with Crippen LogP contribution in [0.5, 0.6) is 0 Å². The van der Waals surface area contributed by atoms with Crippen LogP contribution in [-0.2, 0) is 6.54 Å². The second kappa shape index (κ2) is 5.02. The van der Waals surface area contributed by atoms with Crippen LogP contribution in [0.4, 0.5) is 5.69 Å². The van der Waals surface area contributed by atoms with Crippen LogP contribution in [0.1, 0.15) is 0 Å². The summed E-state index contributed by atoms with van der Waals surface area (Å²) in [5.41, 5.74) is 8.62. The second-order valence-corrected chi connectivity index (χ2v) is 3.12. The van der Waals surface area contributed by atoms with Crippen molar-refractivity contribution in [3.63, 3.8) is 0 Å². The highest BCUT2D eigenvalue weighted by molar-refractivity contribution is 5.40. The molecule has 0 aliphatic carbocycles. The van der Waals surface area contributed by atoms with Gasteiger partial charge >= 0.3 is 0 Å². The van der Waals surface area contributed by atoms with Gasteiger partial charge in [0, 0.05) is 31.6 Å². The molecule has 0 fully saturated rings. The maximum Gasteiger partial charge on any atom is 0.268 e. The fraction of sp³-hybridized carbons (Fsp3) is 0.500. The minimum absolute atomic E-state index is 0.200. The van der Waals surface area contributed by atoms with E-state index in [0.29, 0.717) is 6.54 Å². The van der Waals surface area contributed by atoms with Crippen LogP contribution in [0.2, 0.25) is 0 Å². The largest absolute Gasteiger partial charge is 0.376 e. The zero-order valence-corrected chi connectivity index (χ0v) is 8.66. The Morgan fingerprint density at radius 1 is 1.67 bits per heavy atom. The van der Waals surface area contributed by atoms with E-state index in [1.165, 1.54) is 10.7 Å². The summed E-state index contributed by atoms with van der Waals surface area (Å²) in [6.07, 6.45) is 1.59. The van der Waals surface area contributed by atoms with Crippen molar-refractivity contribution in [1.29, 1.82) is 0 Å². The summed E-state index contributed by atoms with van der Waals surface area (Å²) in [7, 11) is 3.67. The van der Waals surface area contributed by atoms with Gasteiger partial charge in [0.2, 0.25) is 0 Å². The van der Waals surface area contributed by atoms with Crippen molar-refractivity contribution in [1.82, 2.24) is 9.78 Å². The molecule has 1 rings (SSSR count). The summed E-state index contributed by atoms with van der Waals surface area (Å²) in [6, 6.07) is 1.49. The Hall–Kier alpha value is -2.01. The van der Waals surface area contributed by atoms with Gasteiger partial charge in [-0.3, -0.25) is 4.79 Å². The standard InChI is InChI=1S/C8H12N6O/c1-13(2)7-5-8(15)14(11-6-7)4-3-10-12-9/h5-6H,3-4H2,1-2H3. The van der Waals surface area contributed by atoms with Crippen molar-refractivity contribution < 1.29 is 0 Å². The topological polar surface area (TPSA) is 86.9 Å². The van der Waals surface area contributed by atoms with Crippen LogP contribution < -0.4 is 10.5 Å². The number of hydrogen-bond donors (Lipinski definition) is 0. The predicted octanol–water partition coefficient (Wildman–Crippen LogP) is 0.620. The molecule has 0 aromatic carbocycles. The first-order chi connectivity index (χ1) is 7.15. The Morgan fingerprint density at radius 3 is 2.93 bits per heavy atom. The number of hydrogen-bond acceptors (Lipinski definition) is 4. The summed E-state index contributed by atoms with van der Waals surface area (Å²) in [6.45, 7) is 0.529. The minimum atomic E-state index is -0.200. The fourth-order valence-corrected chi connectivity index (χ4v) is 1.02. The molecule has 0 N–H and O–H groups in total. The lowest BCUT2D eigenvalue weighted by Gasteiger charge is -2.11. The number of rotatable bonds is 4. The maximum absolute atomic E-state index is 11.5. The molecule has 1 heterocycles. The maximum atomic E-state index is 11.5. The first kappa shape index (κ1) is 11.1. The Morgan fingerprint density at radius 2 is 2.40 bits per heavy atom. The van der Waals surface area contributed by atoms with Gasteiger partial charge in [0.05, 0.1) is 18.4 Å². The molecule has 0 unspecified atom stereocenters. The van der Waals surface area contributed by atoms with E-state index in [1.54, 1.807) is 11.1 Å². The molecule has 0 bridgehead atoms. The van der Waals surface area contributed by atoms with Gasteiger partial charge in [-0.05, 0) is 5.53 Å². The van der Waals surface area contributed by atoms with Crippen molar-refractivity contribution >= 4 is 5.69 Å². The lowest BCUT2D eigenvalue weighted by atomic mass is 10.4. The van der Waals surface area contributed by atoms with E-state index in [0.717, 1.165) is 5.69 Å².